The highest BCUT2D eigenvalue weighted by Gasteiger charge is 2.21. The lowest BCUT2D eigenvalue weighted by molar-refractivity contribution is 0.0941. The Morgan fingerprint density at radius 3 is 2.70 bits per heavy atom. The highest BCUT2D eigenvalue weighted by molar-refractivity contribution is 5.92. The fourth-order valence-electron chi connectivity index (χ4n) is 3.31. The van der Waals surface area contributed by atoms with Gasteiger partial charge in [0, 0.05) is 11.7 Å². The Hall–Kier alpha value is -1.29. The Morgan fingerprint density at radius 2 is 2.10 bits per heavy atom. The van der Waals surface area contributed by atoms with Gasteiger partial charge in [0.05, 0.1) is 0 Å². The molecule has 1 aliphatic carbocycles. The molecule has 0 bridgehead atoms. The fraction of sp³-hybridized carbons (Fsp3) is 0.688. The van der Waals surface area contributed by atoms with Gasteiger partial charge in [-0.15, -0.1) is 0 Å². The topological polar surface area (TPSA) is 60.0 Å². The second kappa shape index (κ2) is 6.93. The molecule has 0 aliphatic heterocycles. The zero-order valence-corrected chi connectivity index (χ0v) is 12.7. The molecular formula is C16H27N3O. The lowest BCUT2D eigenvalue weighted by Crippen LogP contribution is -2.32. The second-order valence-corrected chi connectivity index (χ2v) is 6.02. The summed E-state index contributed by atoms with van der Waals surface area (Å²) in [5, 5.41) is 0. The Kier molecular flexibility index (Phi) is 5.24. The van der Waals surface area contributed by atoms with E-state index in [2.05, 4.69) is 29.9 Å². The van der Waals surface area contributed by atoms with Crippen molar-refractivity contribution >= 4 is 5.91 Å². The van der Waals surface area contributed by atoms with E-state index in [4.69, 9.17) is 5.84 Å². The quantitative estimate of drug-likeness (QED) is 0.493. The molecule has 1 fully saturated rings. The predicted molar refractivity (Wildman–Crippen MR) is 81.4 cm³/mol. The maximum absolute atomic E-state index is 11.9. The van der Waals surface area contributed by atoms with Gasteiger partial charge in [0.2, 0.25) is 0 Å². The van der Waals surface area contributed by atoms with Crippen LogP contribution in [0.2, 0.25) is 0 Å². The van der Waals surface area contributed by atoms with Gasteiger partial charge in [0.25, 0.3) is 5.91 Å². The molecule has 1 aromatic rings. The smallest absolute Gasteiger partial charge is 0.281 e. The summed E-state index contributed by atoms with van der Waals surface area (Å²) in [4.78, 5) is 11.9. The van der Waals surface area contributed by atoms with Gasteiger partial charge in [0.15, 0.2) is 0 Å². The standard InChI is InChI=1S/C16H27N3O/c1-3-12(2)19-14(9-10-15(19)16(20)18-17)11-13-7-5-4-6-8-13/h9-10,12-13H,3-8,11,17H2,1-2H3,(H,18,20)/t12-/m1/s1. The highest BCUT2D eigenvalue weighted by atomic mass is 16.2. The summed E-state index contributed by atoms with van der Waals surface area (Å²) >= 11 is 0. The molecule has 1 aromatic heterocycles. The van der Waals surface area contributed by atoms with Crippen LogP contribution in [0.15, 0.2) is 12.1 Å². The molecule has 20 heavy (non-hydrogen) atoms. The van der Waals surface area contributed by atoms with E-state index in [1.165, 1.54) is 37.8 Å². The van der Waals surface area contributed by atoms with Crippen molar-refractivity contribution in [2.45, 2.75) is 64.8 Å². The summed E-state index contributed by atoms with van der Waals surface area (Å²) in [7, 11) is 0. The van der Waals surface area contributed by atoms with Crippen LogP contribution < -0.4 is 11.3 Å². The van der Waals surface area contributed by atoms with Crippen LogP contribution in [0.4, 0.5) is 0 Å². The van der Waals surface area contributed by atoms with E-state index >= 15 is 0 Å². The van der Waals surface area contributed by atoms with Crippen LogP contribution in [-0.2, 0) is 6.42 Å². The molecule has 0 unspecified atom stereocenters. The number of hydrazine groups is 1. The number of aromatic nitrogens is 1. The molecule has 4 heteroatoms. The number of rotatable bonds is 5. The van der Waals surface area contributed by atoms with Crippen molar-refractivity contribution in [2.24, 2.45) is 11.8 Å². The third kappa shape index (κ3) is 3.23. The van der Waals surface area contributed by atoms with Gasteiger partial charge in [-0.1, -0.05) is 39.0 Å². The zero-order valence-electron chi connectivity index (χ0n) is 12.7. The minimum absolute atomic E-state index is 0.194. The van der Waals surface area contributed by atoms with E-state index in [9.17, 15) is 4.79 Å². The van der Waals surface area contributed by atoms with E-state index in [-0.39, 0.29) is 5.91 Å². The van der Waals surface area contributed by atoms with Gasteiger partial charge < -0.3 is 4.57 Å². The first-order chi connectivity index (χ1) is 9.67. The number of hydrogen-bond acceptors (Lipinski definition) is 2. The SMILES string of the molecule is CC[C@@H](C)n1c(CC2CCCCC2)ccc1C(=O)NN. The van der Waals surface area contributed by atoms with Gasteiger partial charge in [-0.05, 0) is 37.8 Å². The summed E-state index contributed by atoms with van der Waals surface area (Å²) < 4.78 is 2.18. The van der Waals surface area contributed by atoms with E-state index in [0.717, 1.165) is 18.8 Å². The van der Waals surface area contributed by atoms with Crippen LogP contribution >= 0.6 is 0 Å². The Labute approximate surface area is 121 Å². The Balaban J connectivity index is 2.22. The molecule has 1 aliphatic rings. The van der Waals surface area contributed by atoms with Crippen LogP contribution in [0, 0.1) is 5.92 Å². The van der Waals surface area contributed by atoms with Crippen molar-refractivity contribution in [1.29, 1.82) is 0 Å². The summed E-state index contributed by atoms with van der Waals surface area (Å²) in [5.74, 6) is 5.87. The molecule has 0 aromatic carbocycles. The number of nitrogens with two attached hydrogens (primary N) is 1. The Morgan fingerprint density at radius 1 is 1.40 bits per heavy atom. The molecule has 1 amide bonds. The van der Waals surface area contributed by atoms with Gasteiger partial charge in [-0.3, -0.25) is 10.2 Å². The summed E-state index contributed by atoms with van der Waals surface area (Å²) in [6.07, 6.45) is 8.83. The average Bonchev–Trinajstić information content (AvgIpc) is 2.90. The largest absolute Gasteiger partial charge is 0.338 e. The first kappa shape index (κ1) is 15.1. The normalized spacial score (nSPS) is 17.9. The van der Waals surface area contributed by atoms with E-state index in [0.29, 0.717) is 11.7 Å². The van der Waals surface area contributed by atoms with Crippen molar-refractivity contribution in [3.05, 3.63) is 23.5 Å². The number of nitrogens with zero attached hydrogens (tertiary/aromatic N) is 1. The summed E-state index contributed by atoms with van der Waals surface area (Å²) in [5.41, 5.74) is 4.23. The van der Waals surface area contributed by atoms with Gasteiger partial charge in [0.1, 0.15) is 5.69 Å². The average molecular weight is 277 g/mol. The summed E-state index contributed by atoms with van der Waals surface area (Å²) in [6.45, 7) is 4.32. The molecule has 112 valence electrons. The minimum Gasteiger partial charge on any atom is -0.338 e. The second-order valence-electron chi connectivity index (χ2n) is 6.02. The lowest BCUT2D eigenvalue weighted by Gasteiger charge is -2.24. The van der Waals surface area contributed by atoms with Gasteiger partial charge in [-0.2, -0.15) is 0 Å². The molecule has 3 N–H and O–H groups in total. The first-order valence-electron chi connectivity index (χ1n) is 7.88. The number of carbonyl (C=O) groups excluding carboxylic acids is 1. The van der Waals surface area contributed by atoms with Crippen LogP contribution in [0.3, 0.4) is 0 Å². The molecule has 0 radical (unpaired) electrons. The van der Waals surface area contributed by atoms with E-state index in [1.807, 2.05) is 6.07 Å². The fourth-order valence-corrected chi connectivity index (χ4v) is 3.31. The van der Waals surface area contributed by atoms with Crippen molar-refractivity contribution in [1.82, 2.24) is 9.99 Å². The van der Waals surface area contributed by atoms with Crippen molar-refractivity contribution in [2.75, 3.05) is 0 Å². The van der Waals surface area contributed by atoms with Crippen molar-refractivity contribution < 1.29 is 4.79 Å². The van der Waals surface area contributed by atoms with Crippen LogP contribution in [0.1, 0.15) is 74.6 Å². The third-order valence-corrected chi connectivity index (χ3v) is 4.62. The highest BCUT2D eigenvalue weighted by Crippen LogP contribution is 2.29. The van der Waals surface area contributed by atoms with E-state index in [1.54, 1.807) is 0 Å². The van der Waals surface area contributed by atoms with E-state index < -0.39 is 0 Å². The molecule has 1 heterocycles. The molecular weight excluding hydrogens is 250 g/mol. The monoisotopic (exact) mass is 277 g/mol. The molecule has 1 atom stereocenters. The third-order valence-electron chi connectivity index (χ3n) is 4.62. The Bertz CT molecular complexity index is 447. The van der Waals surface area contributed by atoms with Crippen molar-refractivity contribution in [3.63, 3.8) is 0 Å². The van der Waals surface area contributed by atoms with Crippen LogP contribution in [0.25, 0.3) is 0 Å². The van der Waals surface area contributed by atoms with Gasteiger partial charge >= 0.3 is 0 Å². The molecule has 0 saturated heterocycles. The maximum atomic E-state index is 11.9. The van der Waals surface area contributed by atoms with Crippen molar-refractivity contribution in [3.8, 4) is 0 Å². The first-order valence-corrected chi connectivity index (χ1v) is 7.88. The zero-order chi connectivity index (χ0) is 14.5. The molecule has 2 rings (SSSR count). The molecule has 1 saturated carbocycles. The maximum Gasteiger partial charge on any atom is 0.281 e. The number of nitrogens with one attached hydrogen (secondary N) is 1. The predicted octanol–water partition coefficient (Wildman–Crippen LogP) is 3.19. The number of amides is 1. The number of hydrogen-bond donors (Lipinski definition) is 2. The number of carbonyl (C=O) groups is 1. The van der Waals surface area contributed by atoms with Crippen LogP contribution in [0.5, 0.6) is 0 Å². The lowest BCUT2D eigenvalue weighted by atomic mass is 9.86. The van der Waals surface area contributed by atoms with Gasteiger partial charge in [-0.25, -0.2) is 5.84 Å². The minimum atomic E-state index is -0.194. The molecule has 4 nitrogen and oxygen atoms in total. The summed E-state index contributed by atoms with van der Waals surface area (Å²) in [6, 6.07) is 4.34. The number of nitrogen functional groups attached to an aromatic ring is 1. The van der Waals surface area contributed by atoms with Crippen LogP contribution in [-0.4, -0.2) is 10.5 Å². The molecule has 0 spiro atoms.